The minimum atomic E-state index is -1.10. The van der Waals surface area contributed by atoms with Crippen molar-refractivity contribution >= 4 is 35.8 Å². The number of fused-ring (bicyclic) bond motifs is 2. The number of nitrogens with one attached hydrogen (secondary N) is 4. The summed E-state index contributed by atoms with van der Waals surface area (Å²) < 4.78 is 11.1. The molecule has 2 aliphatic rings. The van der Waals surface area contributed by atoms with Gasteiger partial charge in [-0.25, -0.2) is 9.59 Å². The number of aryl methyl sites for hydroxylation is 4. The normalized spacial score (nSPS) is 16.3. The monoisotopic (exact) mass is 989 g/mol. The fourth-order valence-corrected chi connectivity index (χ4v) is 9.58. The van der Waals surface area contributed by atoms with Crippen LogP contribution < -0.4 is 21.3 Å². The molecule has 4 atom stereocenters. The number of alkyl carbamates (subject to hydrolysis) is 2. The predicted octanol–water partition coefficient (Wildman–Crippen LogP) is 6.82. The lowest BCUT2D eigenvalue weighted by Gasteiger charge is -2.38. The topological polar surface area (TPSA) is 216 Å². The molecule has 72 heavy (non-hydrogen) atoms. The molecule has 0 radical (unpaired) electrons. The fourth-order valence-electron chi connectivity index (χ4n) is 9.58. The van der Waals surface area contributed by atoms with Gasteiger partial charge in [-0.05, 0) is 162 Å². The molecule has 2 heterocycles. The second-order valence-electron chi connectivity index (χ2n) is 21.1. The van der Waals surface area contributed by atoms with Crippen molar-refractivity contribution in [3.63, 3.8) is 0 Å². The third kappa shape index (κ3) is 14.3. The molecule has 6 amide bonds. The van der Waals surface area contributed by atoms with Gasteiger partial charge >= 0.3 is 12.2 Å². The van der Waals surface area contributed by atoms with Crippen molar-refractivity contribution in [1.29, 1.82) is 0 Å². The zero-order valence-corrected chi connectivity index (χ0v) is 43.4. The van der Waals surface area contributed by atoms with Crippen LogP contribution in [0.15, 0.2) is 72.8 Å². The number of rotatable bonds is 15. The molecule has 386 valence electrons. The Balaban J connectivity index is 1.13. The number of hydrogen-bond donors (Lipinski definition) is 6. The van der Waals surface area contributed by atoms with Crippen molar-refractivity contribution in [2.24, 2.45) is 0 Å². The number of aromatic hydroxyl groups is 2. The average molecular weight is 989 g/mol. The first-order chi connectivity index (χ1) is 33.9. The fraction of sp³-hybridized carbons (Fsp3) is 0.464. The lowest BCUT2D eigenvalue weighted by atomic mass is 9.91. The average Bonchev–Trinajstić information content (AvgIpc) is 3.28. The van der Waals surface area contributed by atoms with Crippen LogP contribution in [0.25, 0.3) is 0 Å². The zero-order valence-electron chi connectivity index (χ0n) is 43.4. The molecule has 0 fully saturated rings. The quantitative estimate of drug-likeness (QED) is 0.0684. The van der Waals surface area contributed by atoms with E-state index >= 15 is 0 Å². The molecule has 16 nitrogen and oxygen atoms in total. The molecule has 0 saturated heterocycles. The van der Waals surface area contributed by atoms with Gasteiger partial charge in [0.25, 0.3) is 0 Å². The summed E-state index contributed by atoms with van der Waals surface area (Å²) in [6.45, 7) is 18.5. The summed E-state index contributed by atoms with van der Waals surface area (Å²) in [5, 5.41) is 32.1. The highest BCUT2D eigenvalue weighted by Crippen LogP contribution is 2.29. The highest BCUT2D eigenvalue weighted by Gasteiger charge is 2.41. The van der Waals surface area contributed by atoms with E-state index in [0.29, 0.717) is 12.8 Å². The van der Waals surface area contributed by atoms with Gasteiger partial charge in [-0.2, -0.15) is 0 Å². The molecular weight excluding hydrogens is 917 g/mol. The highest BCUT2D eigenvalue weighted by atomic mass is 16.6. The smallest absolute Gasteiger partial charge is 0.408 e. The molecule has 4 aromatic carbocycles. The summed E-state index contributed by atoms with van der Waals surface area (Å²) in [4.78, 5) is 87.3. The third-order valence-corrected chi connectivity index (χ3v) is 13.0. The largest absolute Gasteiger partial charge is 0.508 e. The molecule has 0 unspecified atom stereocenters. The van der Waals surface area contributed by atoms with Gasteiger partial charge in [-0.1, -0.05) is 48.5 Å². The predicted molar refractivity (Wildman–Crippen MR) is 273 cm³/mol. The van der Waals surface area contributed by atoms with E-state index < -0.39 is 59.4 Å². The summed E-state index contributed by atoms with van der Waals surface area (Å²) in [6.07, 6.45) is 0.104. The minimum absolute atomic E-state index is 0.0885. The number of carbonyl (C=O) groups excluding carboxylic acids is 6. The number of benzene rings is 4. The van der Waals surface area contributed by atoms with E-state index in [1.165, 1.54) is 9.80 Å². The third-order valence-electron chi connectivity index (χ3n) is 13.0. The lowest BCUT2D eigenvalue weighted by molar-refractivity contribution is -0.143. The first-order valence-corrected chi connectivity index (χ1v) is 24.7. The lowest BCUT2D eigenvalue weighted by Crippen LogP contribution is -2.58. The van der Waals surface area contributed by atoms with Crippen LogP contribution in [0.4, 0.5) is 9.59 Å². The van der Waals surface area contributed by atoms with Crippen LogP contribution in [0, 0.1) is 27.7 Å². The standard InChI is InChI=1S/C56H72N6O10/c1-33-23-41(63)24-34(2)43(33)29-45(59-53(69)71-55(5,6)7)51(67)61-31-39-19-13-11-17-37(39)27-47(61)49(65)57-21-15-16-22-58-50(66)48-28-38-18-12-14-20-40(38)32-62(48)52(68)46(60-54(70)72-56(8,9)10)30-44-35(3)25-42(64)26-36(44)4/h11-14,17-20,23-26,45-48,63-64H,15-16,21-22,27-32H2,1-10H3,(H,57,65)(H,58,66)(H,59,69)(H,60,70)/t45-,46-,47-,48-/m0/s1. The Hall–Kier alpha value is -7.10. The van der Waals surface area contributed by atoms with Crippen LogP contribution in [-0.2, 0) is 67.4 Å². The van der Waals surface area contributed by atoms with Gasteiger partial charge in [0.1, 0.15) is 46.9 Å². The van der Waals surface area contributed by atoms with Crippen molar-refractivity contribution < 1.29 is 48.5 Å². The summed E-state index contributed by atoms with van der Waals surface area (Å²) >= 11 is 0. The van der Waals surface area contributed by atoms with Crippen molar-refractivity contribution in [3.8, 4) is 11.5 Å². The Morgan fingerprint density at radius 3 is 1.19 bits per heavy atom. The van der Waals surface area contributed by atoms with Gasteiger partial charge in [0.15, 0.2) is 0 Å². The molecule has 4 aromatic rings. The molecule has 0 saturated carbocycles. The van der Waals surface area contributed by atoms with Gasteiger partial charge < -0.3 is 50.8 Å². The van der Waals surface area contributed by atoms with Gasteiger partial charge in [-0.3, -0.25) is 19.2 Å². The number of ether oxygens (including phenoxy) is 2. The maximum absolute atomic E-state index is 14.7. The van der Waals surface area contributed by atoms with Crippen molar-refractivity contribution in [3.05, 3.63) is 128 Å². The maximum atomic E-state index is 14.7. The molecule has 6 N–H and O–H groups in total. The summed E-state index contributed by atoms with van der Waals surface area (Å²) in [7, 11) is 0. The summed E-state index contributed by atoms with van der Waals surface area (Å²) in [5.41, 5.74) is 6.49. The molecule has 6 rings (SSSR count). The maximum Gasteiger partial charge on any atom is 0.408 e. The van der Waals surface area contributed by atoms with E-state index in [0.717, 1.165) is 55.6 Å². The van der Waals surface area contributed by atoms with Crippen molar-refractivity contribution in [2.75, 3.05) is 13.1 Å². The zero-order chi connectivity index (χ0) is 52.7. The van der Waals surface area contributed by atoms with Crippen LogP contribution in [0.2, 0.25) is 0 Å². The Kier molecular flexibility index (Phi) is 17.3. The van der Waals surface area contributed by atoms with E-state index in [2.05, 4.69) is 21.3 Å². The second kappa shape index (κ2) is 23.0. The number of hydrogen-bond acceptors (Lipinski definition) is 10. The van der Waals surface area contributed by atoms with Gasteiger partial charge in [-0.15, -0.1) is 0 Å². The molecule has 2 aliphatic heterocycles. The van der Waals surface area contributed by atoms with Crippen LogP contribution in [0.1, 0.15) is 110 Å². The highest BCUT2D eigenvalue weighted by molar-refractivity contribution is 5.93. The molecule has 0 spiro atoms. The molecule has 0 aromatic heterocycles. The van der Waals surface area contributed by atoms with E-state index in [-0.39, 0.29) is 75.2 Å². The first kappa shape index (κ1) is 54.2. The Morgan fingerprint density at radius 1 is 0.556 bits per heavy atom. The number of phenols is 2. The summed E-state index contributed by atoms with van der Waals surface area (Å²) in [6, 6.07) is 17.7. The number of unbranched alkanes of at least 4 members (excludes halogenated alkanes) is 1. The Morgan fingerprint density at radius 2 is 0.875 bits per heavy atom. The molecular formula is C56H72N6O10. The van der Waals surface area contributed by atoms with E-state index in [1.807, 2.05) is 76.2 Å². The van der Waals surface area contributed by atoms with Crippen molar-refractivity contribution in [2.45, 2.75) is 156 Å². The number of nitrogens with zero attached hydrogens (tertiary/aromatic N) is 2. The van der Waals surface area contributed by atoms with Crippen LogP contribution in [0.3, 0.4) is 0 Å². The first-order valence-electron chi connectivity index (χ1n) is 24.7. The van der Waals surface area contributed by atoms with Crippen LogP contribution >= 0.6 is 0 Å². The van der Waals surface area contributed by atoms with Gasteiger partial charge in [0.05, 0.1) is 0 Å². The van der Waals surface area contributed by atoms with E-state index in [1.54, 1.807) is 65.8 Å². The van der Waals surface area contributed by atoms with Crippen molar-refractivity contribution in [1.82, 2.24) is 31.1 Å². The van der Waals surface area contributed by atoms with Crippen LogP contribution in [0.5, 0.6) is 11.5 Å². The minimum Gasteiger partial charge on any atom is -0.508 e. The van der Waals surface area contributed by atoms with Gasteiger partial charge in [0, 0.05) is 51.9 Å². The molecule has 16 heteroatoms. The SMILES string of the molecule is Cc1cc(O)cc(C)c1C[C@H](NC(=O)OC(C)(C)C)C(=O)N1Cc2ccccc2C[C@H]1C(=O)NCCCCNC(=O)[C@@H]1Cc2ccccc2CN1C(=O)[C@H](Cc1c(C)cc(O)cc1C)NC(=O)OC(C)(C)C. The molecule has 0 aliphatic carbocycles. The van der Waals surface area contributed by atoms with Crippen LogP contribution in [-0.4, -0.2) is 104 Å². The summed E-state index contributed by atoms with van der Waals surface area (Å²) in [5.74, 6) is -1.47. The van der Waals surface area contributed by atoms with Gasteiger partial charge in [0.2, 0.25) is 23.6 Å². The number of phenolic OH excluding ortho intramolecular Hbond substituents is 2. The molecule has 0 bridgehead atoms. The Labute approximate surface area is 423 Å². The second-order valence-corrected chi connectivity index (χ2v) is 21.1. The number of amides is 6. The number of carbonyl (C=O) groups is 6. The van der Waals surface area contributed by atoms with E-state index in [9.17, 15) is 39.0 Å². The van der Waals surface area contributed by atoms with E-state index in [4.69, 9.17) is 9.47 Å². The Bertz CT molecular complexity index is 2440.